The van der Waals surface area contributed by atoms with E-state index in [0.29, 0.717) is 32.5 Å². The third kappa shape index (κ3) is 11.3. The normalized spacial score (nSPS) is 11.3. The number of carbonyl (C=O) groups is 1. The molecule has 0 aliphatic carbocycles. The van der Waals surface area contributed by atoms with Gasteiger partial charge in [-0.3, -0.25) is 4.79 Å². The molecule has 0 aromatic rings. The average Bonchev–Trinajstić information content (AvgIpc) is 2.12. The molecule has 0 spiro atoms. The van der Waals surface area contributed by atoms with Gasteiger partial charge in [0.25, 0.3) is 0 Å². The summed E-state index contributed by atoms with van der Waals surface area (Å²) in [4.78, 5) is 11.1. The van der Waals surface area contributed by atoms with Gasteiger partial charge in [-0.25, -0.2) is 13.1 Å². The predicted octanol–water partition coefficient (Wildman–Crippen LogP) is -1.35. The van der Waals surface area contributed by atoms with Crippen molar-refractivity contribution < 1.29 is 13.2 Å². The molecule has 90 valence electrons. The molecule has 0 aliphatic heterocycles. The first-order valence-electron chi connectivity index (χ1n) is 4.81. The van der Waals surface area contributed by atoms with Crippen molar-refractivity contribution in [1.29, 1.82) is 0 Å². The lowest BCUT2D eigenvalue weighted by molar-refractivity contribution is -0.120. The first kappa shape index (κ1) is 14.3. The van der Waals surface area contributed by atoms with E-state index in [9.17, 15) is 13.2 Å². The summed E-state index contributed by atoms with van der Waals surface area (Å²) in [7, 11) is -1.33. The second-order valence-corrected chi connectivity index (χ2v) is 5.06. The number of carbonyl (C=O) groups excluding carboxylic acids is 1. The highest BCUT2D eigenvalue weighted by molar-refractivity contribution is 7.88. The van der Waals surface area contributed by atoms with Crippen molar-refractivity contribution in [2.75, 3.05) is 32.9 Å². The Morgan fingerprint density at radius 2 is 1.87 bits per heavy atom. The molecule has 0 aromatic heterocycles. The molecule has 0 rings (SSSR count). The van der Waals surface area contributed by atoms with E-state index in [1.165, 1.54) is 0 Å². The number of hydrogen-bond acceptors (Lipinski definition) is 4. The Kier molecular flexibility index (Phi) is 7.27. The maximum atomic E-state index is 11.1. The highest BCUT2D eigenvalue weighted by atomic mass is 32.2. The van der Waals surface area contributed by atoms with Crippen LogP contribution in [0.25, 0.3) is 0 Å². The topological polar surface area (TPSA) is 87.3 Å². The highest BCUT2D eigenvalue weighted by Gasteiger charge is 2.00. The van der Waals surface area contributed by atoms with Crippen molar-refractivity contribution >= 4 is 15.9 Å². The second kappa shape index (κ2) is 7.61. The summed E-state index contributed by atoms with van der Waals surface area (Å²) in [5.41, 5.74) is 0. The highest BCUT2D eigenvalue weighted by Crippen LogP contribution is 1.80. The molecule has 3 N–H and O–H groups in total. The molecule has 0 saturated carbocycles. The van der Waals surface area contributed by atoms with E-state index in [1.807, 2.05) is 0 Å². The molecule has 0 radical (unpaired) electrons. The summed E-state index contributed by atoms with van der Waals surface area (Å²) >= 11 is 0. The third-order valence-electron chi connectivity index (χ3n) is 1.64. The summed E-state index contributed by atoms with van der Waals surface area (Å²) in [6.07, 6.45) is 2.15. The zero-order valence-electron chi connectivity index (χ0n) is 9.17. The van der Waals surface area contributed by atoms with Crippen LogP contribution in [-0.2, 0) is 14.8 Å². The van der Waals surface area contributed by atoms with Crippen LogP contribution in [0.1, 0.15) is 12.8 Å². The molecule has 6 nitrogen and oxygen atoms in total. The number of hydrogen-bond donors (Lipinski definition) is 3. The predicted molar refractivity (Wildman–Crippen MR) is 59.0 cm³/mol. The smallest absolute Gasteiger partial charge is 0.221 e. The van der Waals surface area contributed by atoms with E-state index in [-0.39, 0.29) is 5.91 Å². The van der Waals surface area contributed by atoms with Gasteiger partial charge in [-0.15, -0.1) is 0 Å². The van der Waals surface area contributed by atoms with Gasteiger partial charge in [0, 0.05) is 26.1 Å². The first-order valence-corrected chi connectivity index (χ1v) is 6.71. The molecule has 0 atom stereocenters. The summed E-state index contributed by atoms with van der Waals surface area (Å²) in [6.45, 7) is 1.49. The molecular weight excluding hydrogens is 218 g/mol. The van der Waals surface area contributed by atoms with Gasteiger partial charge in [-0.1, -0.05) is 0 Å². The minimum absolute atomic E-state index is 0.0243. The zero-order chi connectivity index (χ0) is 11.7. The van der Waals surface area contributed by atoms with Crippen LogP contribution in [-0.4, -0.2) is 47.3 Å². The Balaban J connectivity index is 3.35. The van der Waals surface area contributed by atoms with Crippen LogP contribution < -0.4 is 15.4 Å². The van der Waals surface area contributed by atoms with E-state index < -0.39 is 10.0 Å². The van der Waals surface area contributed by atoms with Crippen molar-refractivity contribution in [2.45, 2.75) is 12.8 Å². The van der Waals surface area contributed by atoms with Crippen molar-refractivity contribution in [1.82, 2.24) is 15.4 Å². The molecule has 0 bridgehead atoms. The van der Waals surface area contributed by atoms with Gasteiger partial charge < -0.3 is 10.6 Å². The van der Waals surface area contributed by atoms with E-state index in [4.69, 9.17) is 0 Å². The molecule has 15 heavy (non-hydrogen) atoms. The van der Waals surface area contributed by atoms with Crippen molar-refractivity contribution in [3.05, 3.63) is 0 Å². The van der Waals surface area contributed by atoms with Crippen LogP contribution in [0.3, 0.4) is 0 Å². The summed E-state index contributed by atoms with van der Waals surface area (Å²) < 4.78 is 23.7. The molecule has 0 fully saturated rings. The molecule has 1 amide bonds. The zero-order valence-corrected chi connectivity index (χ0v) is 9.99. The molecule has 0 saturated heterocycles. The monoisotopic (exact) mass is 237 g/mol. The van der Waals surface area contributed by atoms with Crippen LogP contribution in [0.4, 0.5) is 0 Å². The van der Waals surface area contributed by atoms with Crippen LogP contribution in [0.5, 0.6) is 0 Å². The maximum absolute atomic E-state index is 11.1. The lowest BCUT2D eigenvalue weighted by atomic mass is 10.3. The Morgan fingerprint density at radius 1 is 1.20 bits per heavy atom. The van der Waals surface area contributed by atoms with Gasteiger partial charge in [0.1, 0.15) is 0 Å². The SMILES string of the molecule is CNCCC(=O)NCCCNS(C)(=O)=O. The van der Waals surface area contributed by atoms with Gasteiger partial charge in [0.05, 0.1) is 6.26 Å². The van der Waals surface area contributed by atoms with Gasteiger partial charge in [0.2, 0.25) is 15.9 Å². The summed E-state index contributed by atoms with van der Waals surface area (Å²) in [5, 5.41) is 5.56. The van der Waals surface area contributed by atoms with Crippen LogP contribution in [0, 0.1) is 0 Å². The Bertz CT molecular complexity index is 277. The molecule has 7 heteroatoms. The molecule has 0 unspecified atom stereocenters. The molecule has 0 aromatic carbocycles. The Hall–Kier alpha value is -0.660. The van der Waals surface area contributed by atoms with Crippen molar-refractivity contribution in [3.8, 4) is 0 Å². The quantitative estimate of drug-likeness (QED) is 0.456. The Morgan fingerprint density at radius 3 is 2.40 bits per heavy atom. The van der Waals surface area contributed by atoms with Gasteiger partial charge in [-0.2, -0.15) is 0 Å². The molecular formula is C8H19N3O3S. The van der Waals surface area contributed by atoms with E-state index in [1.54, 1.807) is 7.05 Å². The summed E-state index contributed by atoms with van der Waals surface area (Å²) in [5.74, 6) is -0.0243. The van der Waals surface area contributed by atoms with Crippen LogP contribution >= 0.6 is 0 Å². The fourth-order valence-corrected chi connectivity index (χ4v) is 1.42. The van der Waals surface area contributed by atoms with Gasteiger partial charge in [0.15, 0.2) is 0 Å². The number of rotatable bonds is 8. The minimum atomic E-state index is -3.11. The largest absolute Gasteiger partial charge is 0.356 e. The first-order chi connectivity index (χ1) is 6.95. The van der Waals surface area contributed by atoms with Crippen molar-refractivity contribution in [2.24, 2.45) is 0 Å². The lowest BCUT2D eigenvalue weighted by Crippen LogP contribution is -2.30. The fraction of sp³-hybridized carbons (Fsp3) is 0.875. The second-order valence-electron chi connectivity index (χ2n) is 3.22. The van der Waals surface area contributed by atoms with Gasteiger partial charge >= 0.3 is 0 Å². The number of sulfonamides is 1. The minimum Gasteiger partial charge on any atom is -0.356 e. The van der Waals surface area contributed by atoms with E-state index >= 15 is 0 Å². The van der Waals surface area contributed by atoms with E-state index in [2.05, 4.69) is 15.4 Å². The van der Waals surface area contributed by atoms with E-state index in [0.717, 1.165) is 6.26 Å². The Labute approximate surface area is 90.9 Å². The number of amides is 1. The van der Waals surface area contributed by atoms with Gasteiger partial charge in [-0.05, 0) is 13.5 Å². The summed E-state index contributed by atoms with van der Waals surface area (Å²) in [6, 6.07) is 0. The average molecular weight is 237 g/mol. The van der Waals surface area contributed by atoms with Crippen LogP contribution in [0.15, 0.2) is 0 Å². The molecule has 0 heterocycles. The number of nitrogens with one attached hydrogen (secondary N) is 3. The standard InChI is InChI=1S/C8H19N3O3S/c1-9-7-4-8(12)10-5-3-6-11-15(2,13)14/h9,11H,3-7H2,1-2H3,(H,10,12). The third-order valence-corrected chi connectivity index (χ3v) is 2.37. The van der Waals surface area contributed by atoms with Crippen molar-refractivity contribution in [3.63, 3.8) is 0 Å². The fourth-order valence-electron chi connectivity index (χ4n) is 0.901. The lowest BCUT2D eigenvalue weighted by Gasteiger charge is -2.05. The maximum Gasteiger partial charge on any atom is 0.221 e. The molecule has 0 aliphatic rings. The van der Waals surface area contributed by atoms with Crippen LogP contribution in [0.2, 0.25) is 0 Å².